The zero-order valence-corrected chi connectivity index (χ0v) is 9.55. The summed E-state index contributed by atoms with van der Waals surface area (Å²) >= 11 is 4.88. The molecular formula is C10H17N3OS. The number of hydrogen-bond donors (Lipinski definition) is 2. The van der Waals surface area contributed by atoms with Crippen LogP contribution < -0.4 is 5.73 Å². The first kappa shape index (κ1) is 10.8. The van der Waals surface area contributed by atoms with E-state index in [1.165, 1.54) is 32.1 Å². The molecule has 15 heavy (non-hydrogen) atoms. The Labute approximate surface area is 94.2 Å². The highest BCUT2D eigenvalue weighted by Crippen LogP contribution is 2.34. The van der Waals surface area contributed by atoms with E-state index in [9.17, 15) is 0 Å². The molecule has 1 atom stereocenters. The minimum absolute atomic E-state index is 0.283. The summed E-state index contributed by atoms with van der Waals surface area (Å²) in [7, 11) is 0. The molecule has 4 nitrogen and oxygen atoms in total. The molecule has 0 radical (unpaired) electrons. The van der Waals surface area contributed by atoms with Gasteiger partial charge < -0.3 is 10.3 Å². The summed E-state index contributed by atoms with van der Waals surface area (Å²) in [4.78, 5) is 3.33. The number of aromatic amines is 1. The van der Waals surface area contributed by atoms with Gasteiger partial charge in [0.25, 0.3) is 4.84 Å². The van der Waals surface area contributed by atoms with Crippen LogP contribution in [-0.2, 0) is 0 Å². The van der Waals surface area contributed by atoms with Crippen molar-refractivity contribution in [1.29, 1.82) is 0 Å². The van der Waals surface area contributed by atoms with Gasteiger partial charge in [-0.25, -0.2) is 0 Å². The van der Waals surface area contributed by atoms with Gasteiger partial charge in [0, 0.05) is 12.5 Å². The number of nitrogens with one attached hydrogen (secondary N) is 1. The summed E-state index contributed by atoms with van der Waals surface area (Å²) in [5, 5.41) is 3.95. The molecule has 0 aliphatic heterocycles. The molecule has 1 saturated carbocycles. The number of H-pyrrole nitrogens is 1. The molecular weight excluding hydrogens is 210 g/mol. The Bertz CT molecular complexity index is 354. The summed E-state index contributed by atoms with van der Waals surface area (Å²) in [6, 6.07) is 0. The van der Waals surface area contributed by atoms with Crippen molar-refractivity contribution in [3.05, 3.63) is 10.7 Å². The third-order valence-electron chi connectivity index (χ3n) is 3.28. The Morgan fingerprint density at radius 2 is 2.20 bits per heavy atom. The highest BCUT2D eigenvalue weighted by atomic mass is 32.1. The summed E-state index contributed by atoms with van der Waals surface area (Å²) in [6.45, 7) is 0.614. The normalized spacial score (nSPS) is 20.3. The number of hydrogen-bond acceptors (Lipinski definition) is 4. The maximum Gasteiger partial charge on any atom is 0.294 e. The zero-order chi connectivity index (χ0) is 10.7. The van der Waals surface area contributed by atoms with Crippen molar-refractivity contribution < 1.29 is 4.52 Å². The maximum atomic E-state index is 5.81. The average molecular weight is 227 g/mol. The number of nitrogens with two attached hydrogens (primary N) is 1. The number of rotatable bonds is 3. The second-order valence-corrected chi connectivity index (χ2v) is 4.59. The van der Waals surface area contributed by atoms with Crippen LogP contribution in [-0.4, -0.2) is 16.7 Å². The lowest BCUT2D eigenvalue weighted by molar-refractivity contribution is 0.292. The van der Waals surface area contributed by atoms with Crippen molar-refractivity contribution in [1.82, 2.24) is 10.1 Å². The zero-order valence-electron chi connectivity index (χ0n) is 8.74. The minimum atomic E-state index is 0.283. The molecule has 1 aromatic heterocycles. The fourth-order valence-electron chi connectivity index (χ4n) is 2.47. The van der Waals surface area contributed by atoms with E-state index in [4.69, 9.17) is 22.5 Å². The molecule has 5 heteroatoms. The maximum absolute atomic E-state index is 5.81. The first-order valence-corrected chi connectivity index (χ1v) is 5.98. The van der Waals surface area contributed by atoms with Gasteiger partial charge >= 0.3 is 0 Å². The molecule has 3 N–H and O–H groups in total. The Hall–Kier alpha value is -0.680. The van der Waals surface area contributed by atoms with E-state index in [0.717, 1.165) is 5.82 Å². The van der Waals surface area contributed by atoms with Gasteiger partial charge in [0.05, 0.1) is 0 Å². The third kappa shape index (κ3) is 2.46. The van der Waals surface area contributed by atoms with Crippen LogP contribution in [0.2, 0.25) is 0 Å². The van der Waals surface area contributed by atoms with Crippen LogP contribution in [0.25, 0.3) is 0 Å². The van der Waals surface area contributed by atoms with Gasteiger partial charge in [0.15, 0.2) is 5.82 Å². The molecule has 0 spiro atoms. The highest BCUT2D eigenvalue weighted by Gasteiger charge is 2.26. The lowest BCUT2D eigenvalue weighted by Crippen LogP contribution is -2.24. The Balaban J connectivity index is 2.12. The monoisotopic (exact) mass is 227 g/mol. The van der Waals surface area contributed by atoms with Gasteiger partial charge in [-0.15, -0.1) is 0 Å². The summed E-state index contributed by atoms with van der Waals surface area (Å²) in [5.41, 5.74) is 5.81. The van der Waals surface area contributed by atoms with Crippen molar-refractivity contribution in [2.24, 2.45) is 11.7 Å². The lowest BCUT2D eigenvalue weighted by atomic mass is 9.79. The molecule has 0 aromatic carbocycles. The first-order chi connectivity index (χ1) is 7.31. The van der Waals surface area contributed by atoms with Crippen molar-refractivity contribution >= 4 is 12.2 Å². The van der Waals surface area contributed by atoms with Crippen LogP contribution >= 0.6 is 12.2 Å². The van der Waals surface area contributed by atoms with E-state index in [2.05, 4.69) is 10.1 Å². The summed E-state index contributed by atoms with van der Waals surface area (Å²) in [6.07, 6.45) is 6.45. The average Bonchev–Trinajstić information content (AvgIpc) is 2.68. The van der Waals surface area contributed by atoms with E-state index in [-0.39, 0.29) is 5.92 Å². The first-order valence-electron chi connectivity index (χ1n) is 5.57. The number of nitrogens with zero attached hydrogens (tertiary/aromatic N) is 1. The summed E-state index contributed by atoms with van der Waals surface area (Å²) < 4.78 is 4.89. The molecule has 1 unspecified atom stereocenters. The lowest BCUT2D eigenvalue weighted by Gasteiger charge is -2.27. The number of aromatic nitrogens is 2. The van der Waals surface area contributed by atoms with Crippen LogP contribution in [0.5, 0.6) is 0 Å². The van der Waals surface area contributed by atoms with Gasteiger partial charge in [-0.2, -0.15) is 0 Å². The quantitative estimate of drug-likeness (QED) is 0.778. The topological polar surface area (TPSA) is 67.8 Å². The standard InChI is InChI=1S/C10H17N3OS/c11-6-8(7-4-2-1-3-5-7)9-12-10(15)14-13-9/h7-8H,1-6,11H2,(H,12,13,15). The molecule has 0 amide bonds. The Morgan fingerprint density at radius 1 is 1.47 bits per heavy atom. The fourth-order valence-corrected chi connectivity index (χ4v) is 2.61. The van der Waals surface area contributed by atoms with Gasteiger partial charge in [-0.3, -0.25) is 4.98 Å². The second-order valence-electron chi connectivity index (χ2n) is 4.22. The predicted octanol–water partition coefficient (Wildman–Crippen LogP) is 2.35. The van der Waals surface area contributed by atoms with E-state index < -0.39 is 0 Å². The van der Waals surface area contributed by atoms with Gasteiger partial charge in [0.2, 0.25) is 0 Å². The molecule has 1 aliphatic carbocycles. The van der Waals surface area contributed by atoms with Crippen molar-refractivity contribution in [3.63, 3.8) is 0 Å². The molecule has 1 fully saturated rings. The van der Waals surface area contributed by atoms with E-state index in [0.29, 0.717) is 17.3 Å². The summed E-state index contributed by atoms with van der Waals surface area (Å²) in [5.74, 6) is 1.75. The van der Waals surface area contributed by atoms with Gasteiger partial charge in [0.1, 0.15) is 0 Å². The molecule has 1 heterocycles. The van der Waals surface area contributed by atoms with E-state index in [1.807, 2.05) is 0 Å². The predicted molar refractivity (Wildman–Crippen MR) is 60.1 cm³/mol. The SMILES string of the molecule is NCC(c1noc(=S)[nH]1)C1CCCCC1. The van der Waals surface area contributed by atoms with Crippen LogP contribution in [0.15, 0.2) is 4.52 Å². The molecule has 0 saturated heterocycles. The van der Waals surface area contributed by atoms with Gasteiger partial charge in [-0.05, 0) is 31.0 Å². The smallest absolute Gasteiger partial charge is 0.294 e. The highest BCUT2D eigenvalue weighted by molar-refractivity contribution is 7.71. The van der Waals surface area contributed by atoms with Crippen molar-refractivity contribution in [2.75, 3.05) is 6.54 Å². The Morgan fingerprint density at radius 3 is 2.73 bits per heavy atom. The molecule has 1 aliphatic rings. The van der Waals surface area contributed by atoms with Crippen molar-refractivity contribution in [3.8, 4) is 0 Å². The molecule has 2 rings (SSSR count). The Kier molecular flexibility index (Phi) is 3.53. The second kappa shape index (κ2) is 4.90. The van der Waals surface area contributed by atoms with Crippen LogP contribution in [0.1, 0.15) is 43.8 Å². The van der Waals surface area contributed by atoms with Gasteiger partial charge in [-0.1, -0.05) is 24.4 Å². The minimum Gasteiger partial charge on any atom is -0.330 e. The fraction of sp³-hybridized carbons (Fsp3) is 0.800. The molecule has 1 aromatic rings. The third-order valence-corrected chi connectivity index (χ3v) is 3.46. The van der Waals surface area contributed by atoms with E-state index >= 15 is 0 Å². The largest absolute Gasteiger partial charge is 0.330 e. The van der Waals surface area contributed by atoms with Crippen molar-refractivity contribution in [2.45, 2.75) is 38.0 Å². The molecule has 0 bridgehead atoms. The van der Waals surface area contributed by atoms with Crippen LogP contribution in [0.4, 0.5) is 0 Å². The van der Waals surface area contributed by atoms with Crippen LogP contribution in [0.3, 0.4) is 0 Å². The molecule has 84 valence electrons. The van der Waals surface area contributed by atoms with Crippen LogP contribution in [0, 0.1) is 10.8 Å². The van der Waals surface area contributed by atoms with E-state index in [1.54, 1.807) is 0 Å².